The summed E-state index contributed by atoms with van der Waals surface area (Å²) < 4.78 is 1.17. The molecule has 2 heteroatoms. The molecule has 0 N–H and O–H groups in total. The van der Waals surface area contributed by atoms with Crippen molar-refractivity contribution in [1.29, 1.82) is 0 Å². The van der Waals surface area contributed by atoms with E-state index in [-0.39, 0.29) is 23.1 Å². The van der Waals surface area contributed by atoms with Crippen molar-refractivity contribution in [3.63, 3.8) is 0 Å². The van der Waals surface area contributed by atoms with Gasteiger partial charge in [-0.15, -0.1) is 0 Å². The molecule has 1 rings (SSSR count). The molecule has 0 saturated carbocycles. The highest BCUT2D eigenvalue weighted by molar-refractivity contribution is 9.10. The van der Waals surface area contributed by atoms with E-state index >= 15 is 0 Å². The maximum absolute atomic E-state index is 3.43. The van der Waals surface area contributed by atoms with E-state index < -0.39 is 0 Å². The normalized spacial score (nSPS) is 9.45. The van der Waals surface area contributed by atoms with E-state index in [1.807, 2.05) is 6.07 Å². The molecule has 0 heterocycles. The van der Waals surface area contributed by atoms with Gasteiger partial charge in [0.05, 0.1) is 0 Å². The Morgan fingerprint density at radius 3 is 2.27 bits per heavy atom. The molecular weight excluding hydrogens is 212 g/mol. The maximum Gasteiger partial charge on any atom is 0.316 e. The number of rotatable bonds is 1. The summed E-state index contributed by atoms with van der Waals surface area (Å²) in [5.41, 5.74) is 1.38. The summed E-state index contributed by atoms with van der Waals surface area (Å²) in [5.74, 6) is 0.623. The van der Waals surface area contributed by atoms with Crippen molar-refractivity contribution >= 4 is 39.0 Å². The molecule has 0 spiro atoms. The number of hydrogen-bond donors (Lipinski definition) is 0. The largest absolute Gasteiger partial charge is 0.316 e. The Bertz CT molecular complexity index is 221. The first-order chi connectivity index (χ1) is 4.70. The van der Waals surface area contributed by atoms with E-state index in [0.29, 0.717) is 5.92 Å². The molecule has 0 bridgehead atoms. The lowest BCUT2D eigenvalue weighted by Gasteiger charge is -2.03. The molecule has 0 aliphatic rings. The van der Waals surface area contributed by atoms with Gasteiger partial charge < -0.3 is 0 Å². The van der Waals surface area contributed by atoms with Crippen molar-refractivity contribution in [1.82, 2.24) is 0 Å². The van der Waals surface area contributed by atoms with Crippen LogP contribution >= 0.6 is 15.9 Å². The number of halogens is 1. The van der Waals surface area contributed by atoms with Gasteiger partial charge in [0.15, 0.2) is 0 Å². The molecule has 0 aliphatic carbocycles. The molecule has 0 radical (unpaired) electrons. The van der Waals surface area contributed by atoms with Crippen LogP contribution in [0.1, 0.15) is 25.3 Å². The first-order valence-corrected chi connectivity index (χ1v) is 4.25. The standard InChI is InChI=1S/C9H11Br.Mg.2H/c1-7(2)8-4-3-5-9(10)6-8;;;/h3-7H,1-2H3;;;. The summed E-state index contributed by atoms with van der Waals surface area (Å²) in [6.45, 7) is 4.39. The van der Waals surface area contributed by atoms with Crippen LogP contribution in [-0.2, 0) is 0 Å². The van der Waals surface area contributed by atoms with Crippen LogP contribution in [-0.4, -0.2) is 23.1 Å². The van der Waals surface area contributed by atoms with Crippen LogP contribution in [0.3, 0.4) is 0 Å². The molecule has 1 aromatic carbocycles. The SMILES string of the molecule is CC(C)c1cccc(Br)c1.[MgH2]. The van der Waals surface area contributed by atoms with Gasteiger partial charge in [0.1, 0.15) is 0 Å². The molecule has 58 valence electrons. The van der Waals surface area contributed by atoms with E-state index in [9.17, 15) is 0 Å². The molecule has 0 fully saturated rings. The van der Waals surface area contributed by atoms with Crippen molar-refractivity contribution in [3.05, 3.63) is 34.3 Å². The van der Waals surface area contributed by atoms with Gasteiger partial charge in [-0.3, -0.25) is 0 Å². The minimum absolute atomic E-state index is 0. The second kappa shape index (κ2) is 5.17. The average molecular weight is 225 g/mol. The fraction of sp³-hybridized carbons (Fsp3) is 0.333. The third kappa shape index (κ3) is 3.58. The molecular formula is C9H13BrMg. The first kappa shape index (κ1) is 11.5. The summed E-state index contributed by atoms with van der Waals surface area (Å²) in [4.78, 5) is 0. The van der Waals surface area contributed by atoms with E-state index in [1.54, 1.807) is 0 Å². The Morgan fingerprint density at radius 1 is 1.27 bits per heavy atom. The van der Waals surface area contributed by atoms with Crippen LogP contribution in [0.4, 0.5) is 0 Å². The van der Waals surface area contributed by atoms with Crippen LogP contribution in [0, 0.1) is 0 Å². The second-order valence-corrected chi connectivity index (χ2v) is 3.63. The zero-order valence-electron chi connectivity index (χ0n) is 6.26. The minimum atomic E-state index is 0. The summed E-state index contributed by atoms with van der Waals surface area (Å²) in [6, 6.07) is 8.42. The number of hydrogen-bond acceptors (Lipinski definition) is 0. The molecule has 0 atom stereocenters. The maximum atomic E-state index is 3.43. The zero-order chi connectivity index (χ0) is 7.56. The highest BCUT2D eigenvalue weighted by Gasteiger charge is 1.96. The van der Waals surface area contributed by atoms with E-state index in [2.05, 4.69) is 48.0 Å². The van der Waals surface area contributed by atoms with Crippen molar-refractivity contribution < 1.29 is 0 Å². The smallest absolute Gasteiger partial charge is 0.0609 e. The van der Waals surface area contributed by atoms with Crippen molar-refractivity contribution in [2.45, 2.75) is 19.8 Å². The van der Waals surface area contributed by atoms with Crippen molar-refractivity contribution in [2.24, 2.45) is 0 Å². The molecule has 0 saturated heterocycles. The summed E-state index contributed by atoms with van der Waals surface area (Å²) >= 11 is 3.43. The molecule has 0 aromatic heterocycles. The second-order valence-electron chi connectivity index (χ2n) is 2.71. The van der Waals surface area contributed by atoms with Crippen molar-refractivity contribution in [2.75, 3.05) is 0 Å². The lowest BCUT2D eigenvalue weighted by atomic mass is 10.0. The van der Waals surface area contributed by atoms with Crippen LogP contribution in [0.5, 0.6) is 0 Å². The monoisotopic (exact) mass is 224 g/mol. The molecule has 0 nitrogen and oxygen atoms in total. The fourth-order valence-electron chi connectivity index (χ4n) is 0.866. The molecule has 0 unspecified atom stereocenters. The lowest BCUT2D eigenvalue weighted by Crippen LogP contribution is -1.84. The Balaban J connectivity index is 0.000001000. The van der Waals surface area contributed by atoms with Gasteiger partial charge in [-0.25, -0.2) is 0 Å². The van der Waals surface area contributed by atoms with Gasteiger partial charge in [0.25, 0.3) is 0 Å². The predicted molar refractivity (Wildman–Crippen MR) is 56.8 cm³/mol. The third-order valence-corrected chi connectivity index (χ3v) is 2.01. The van der Waals surface area contributed by atoms with E-state index in [1.165, 1.54) is 10.0 Å². The Labute approximate surface area is 92.7 Å². The summed E-state index contributed by atoms with van der Waals surface area (Å²) in [5, 5.41) is 0. The minimum Gasteiger partial charge on any atom is -0.0609 e. The Morgan fingerprint density at radius 2 is 1.91 bits per heavy atom. The van der Waals surface area contributed by atoms with Gasteiger partial charge in [-0.2, -0.15) is 0 Å². The van der Waals surface area contributed by atoms with Crippen LogP contribution in [0.2, 0.25) is 0 Å². The summed E-state index contributed by atoms with van der Waals surface area (Å²) in [6.07, 6.45) is 0. The summed E-state index contributed by atoms with van der Waals surface area (Å²) in [7, 11) is 0. The third-order valence-electron chi connectivity index (χ3n) is 1.52. The highest BCUT2D eigenvalue weighted by atomic mass is 79.9. The topological polar surface area (TPSA) is 0 Å². The van der Waals surface area contributed by atoms with Crippen LogP contribution in [0.25, 0.3) is 0 Å². The van der Waals surface area contributed by atoms with E-state index in [0.717, 1.165) is 0 Å². The van der Waals surface area contributed by atoms with Gasteiger partial charge in [-0.1, -0.05) is 41.9 Å². The van der Waals surface area contributed by atoms with Gasteiger partial charge in [-0.05, 0) is 23.6 Å². The van der Waals surface area contributed by atoms with Gasteiger partial charge in [0, 0.05) is 4.47 Å². The molecule has 0 amide bonds. The fourth-order valence-corrected chi connectivity index (χ4v) is 1.28. The van der Waals surface area contributed by atoms with Crippen LogP contribution in [0.15, 0.2) is 28.7 Å². The van der Waals surface area contributed by atoms with Crippen molar-refractivity contribution in [3.8, 4) is 0 Å². The first-order valence-electron chi connectivity index (χ1n) is 3.45. The Hall–Kier alpha value is 0.466. The van der Waals surface area contributed by atoms with Crippen LogP contribution < -0.4 is 0 Å². The number of benzene rings is 1. The quantitative estimate of drug-likeness (QED) is 0.645. The zero-order valence-corrected chi connectivity index (χ0v) is 7.85. The Kier molecular flexibility index (Phi) is 5.39. The van der Waals surface area contributed by atoms with Gasteiger partial charge >= 0.3 is 23.1 Å². The lowest BCUT2D eigenvalue weighted by molar-refractivity contribution is 0.866. The molecule has 11 heavy (non-hydrogen) atoms. The highest BCUT2D eigenvalue weighted by Crippen LogP contribution is 2.18. The van der Waals surface area contributed by atoms with Gasteiger partial charge in [0.2, 0.25) is 0 Å². The van der Waals surface area contributed by atoms with E-state index in [4.69, 9.17) is 0 Å². The predicted octanol–water partition coefficient (Wildman–Crippen LogP) is 2.66. The molecule has 1 aromatic rings. The molecule has 0 aliphatic heterocycles. The average Bonchev–Trinajstić information content (AvgIpc) is 1.88.